The van der Waals surface area contributed by atoms with Crippen LogP contribution < -0.4 is 24.6 Å². The number of nitrogens with zero attached hydrogens (tertiary/aromatic N) is 3. The number of benzene rings is 1. The van der Waals surface area contributed by atoms with Crippen LogP contribution in [0.4, 0.5) is 25.0 Å². The normalized spacial score (nSPS) is 13.7. The van der Waals surface area contributed by atoms with Crippen molar-refractivity contribution in [2.45, 2.75) is 27.3 Å². The molecule has 176 valence electrons. The van der Waals surface area contributed by atoms with E-state index in [4.69, 9.17) is 14.9 Å². The van der Waals surface area contributed by atoms with Gasteiger partial charge in [0.05, 0.1) is 32.1 Å². The summed E-state index contributed by atoms with van der Waals surface area (Å²) >= 11 is 0. The van der Waals surface area contributed by atoms with Crippen LogP contribution in [-0.2, 0) is 6.54 Å². The summed E-state index contributed by atoms with van der Waals surface area (Å²) in [6.45, 7) is 6.19. The van der Waals surface area contributed by atoms with Crippen molar-refractivity contribution >= 4 is 28.7 Å². The third-order valence-corrected chi connectivity index (χ3v) is 5.31. The molecule has 0 unspecified atom stereocenters. The van der Waals surface area contributed by atoms with Crippen LogP contribution in [0.1, 0.15) is 32.0 Å². The molecule has 0 atom stereocenters. The summed E-state index contributed by atoms with van der Waals surface area (Å²) < 4.78 is 40.2. The first-order chi connectivity index (χ1) is 15.8. The first kappa shape index (κ1) is 24.0. The van der Waals surface area contributed by atoms with E-state index in [0.29, 0.717) is 34.8 Å². The van der Waals surface area contributed by atoms with E-state index >= 15 is 8.78 Å². The van der Waals surface area contributed by atoms with E-state index in [1.54, 1.807) is 32.3 Å². The Morgan fingerprint density at radius 3 is 2.36 bits per heavy atom. The van der Waals surface area contributed by atoms with Crippen molar-refractivity contribution in [1.29, 1.82) is 5.41 Å². The zero-order valence-electron chi connectivity index (χ0n) is 19.3. The average Bonchev–Trinajstić information content (AvgIpc) is 2.80. The number of hydrogen-bond acceptors (Lipinski definition) is 6. The molecule has 1 aliphatic heterocycles. The number of urea groups is 1. The van der Waals surface area contributed by atoms with E-state index < -0.39 is 23.4 Å². The van der Waals surface area contributed by atoms with Crippen molar-refractivity contribution in [3.8, 4) is 11.5 Å². The quantitative estimate of drug-likeness (QED) is 0.574. The Hall–Kier alpha value is -3.69. The van der Waals surface area contributed by atoms with Crippen molar-refractivity contribution in [3.63, 3.8) is 0 Å². The topological polar surface area (TPSA) is 90.8 Å². The predicted molar refractivity (Wildman–Crippen MR) is 123 cm³/mol. The second kappa shape index (κ2) is 9.85. The van der Waals surface area contributed by atoms with Crippen molar-refractivity contribution in [3.05, 3.63) is 47.4 Å². The first-order valence-corrected chi connectivity index (χ1v) is 10.5. The number of allylic oxidation sites excluding steroid dienone is 1. The summed E-state index contributed by atoms with van der Waals surface area (Å²) in [6, 6.07) is 2.22. The van der Waals surface area contributed by atoms with Gasteiger partial charge in [-0.2, -0.15) is 0 Å². The number of fused-ring (bicyclic) bond motifs is 1. The summed E-state index contributed by atoms with van der Waals surface area (Å²) in [5.74, 6) is -2.47. The van der Waals surface area contributed by atoms with Crippen LogP contribution in [0.15, 0.2) is 24.5 Å². The Balaban J connectivity index is 2.13. The van der Waals surface area contributed by atoms with Gasteiger partial charge in [-0.1, -0.05) is 0 Å². The molecule has 2 amide bonds. The maximum atomic E-state index is 15.1. The van der Waals surface area contributed by atoms with Crippen molar-refractivity contribution in [1.82, 2.24) is 10.3 Å². The van der Waals surface area contributed by atoms with Crippen LogP contribution in [0, 0.1) is 17.0 Å². The summed E-state index contributed by atoms with van der Waals surface area (Å²) in [5, 5.41) is 11.1. The Kier molecular flexibility index (Phi) is 7.15. The summed E-state index contributed by atoms with van der Waals surface area (Å²) in [5.41, 5.74) is 2.03. The van der Waals surface area contributed by atoms with Crippen LogP contribution in [0.2, 0.25) is 0 Å². The van der Waals surface area contributed by atoms with E-state index in [-0.39, 0.29) is 24.6 Å². The van der Waals surface area contributed by atoms with Gasteiger partial charge in [-0.15, -0.1) is 0 Å². The molecule has 0 spiro atoms. The minimum absolute atomic E-state index is 0.0993. The third-order valence-electron chi connectivity index (χ3n) is 5.31. The summed E-state index contributed by atoms with van der Waals surface area (Å²) in [7, 11) is 2.50. The molecule has 0 saturated heterocycles. The largest absolute Gasteiger partial charge is 0.493 e. The van der Waals surface area contributed by atoms with Gasteiger partial charge in [0.15, 0.2) is 23.1 Å². The number of aromatic nitrogens is 1. The molecule has 2 aromatic rings. The third kappa shape index (κ3) is 4.33. The van der Waals surface area contributed by atoms with E-state index in [9.17, 15) is 4.79 Å². The molecule has 2 heterocycles. The lowest BCUT2D eigenvalue weighted by molar-refractivity contribution is 0.249. The van der Waals surface area contributed by atoms with E-state index in [1.807, 2.05) is 6.92 Å². The number of methoxy groups -OCH3 is 2. The molecule has 10 heteroatoms. The standard InChI is InChI=1S/C23H27F2N5O3/c1-6-27-11-15(13(3)26)16-8-17-14(10-28-16)12-30(23(31)29(17)7-2)22-20(24)18(32-4)9-19(33-5)21(22)25/h8-11,26-27H,6-7,12H2,1-5H3/b15-11+,26-13?. The Bertz CT molecular complexity index is 1090. The monoisotopic (exact) mass is 459 g/mol. The molecule has 1 aromatic heterocycles. The molecule has 33 heavy (non-hydrogen) atoms. The molecular formula is C23H27F2N5O3. The number of carbonyl (C=O) groups excluding carboxylic acids is 1. The lowest BCUT2D eigenvalue weighted by atomic mass is 10.0. The van der Waals surface area contributed by atoms with E-state index in [1.165, 1.54) is 19.1 Å². The zero-order chi connectivity index (χ0) is 24.3. The lowest BCUT2D eigenvalue weighted by Crippen LogP contribution is -2.48. The molecule has 2 N–H and O–H groups in total. The Labute approximate surface area is 191 Å². The minimum Gasteiger partial charge on any atom is -0.493 e. The number of pyridine rings is 1. The van der Waals surface area contributed by atoms with Crippen LogP contribution in [0.5, 0.6) is 11.5 Å². The molecule has 0 radical (unpaired) electrons. The second-order valence-corrected chi connectivity index (χ2v) is 7.31. The fourth-order valence-electron chi connectivity index (χ4n) is 3.65. The molecule has 0 fully saturated rings. The van der Waals surface area contributed by atoms with Gasteiger partial charge >= 0.3 is 6.03 Å². The number of carbonyl (C=O) groups is 1. The van der Waals surface area contributed by atoms with Crippen LogP contribution in [-0.4, -0.2) is 44.0 Å². The number of nitrogens with one attached hydrogen (secondary N) is 2. The lowest BCUT2D eigenvalue weighted by Gasteiger charge is -2.37. The van der Waals surface area contributed by atoms with Gasteiger partial charge in [0, 0.05) is 48.4 Å². The fourth-order valence-corrected chi connectivity index (χ4v) is 3.65. The van der Waals surface area contributed by atoms with Gasteiger partial charge in [-0.3, -0.25) is 14.8 Å². The van der Waals surface area contributed by atoms with Crippen LogP contribution in [0.25, 0.3) is 5.57 Å². The first-order valence-electron chi connectivity index (χ1n) is 10.5. The number of amides is 2. The predicted octanol–water partition coefficient (Wildman–Crippen LogP) is 4.33. The minimum atomic E-state index is -0.997. The summed E-state index contributed by atoms with van der Waals surface area (Å²) in [4.78, 5) is 20.2. The zero-order valence-corrected chi connectivity index (χ0v) is 19.3. The van der Waals surface area contributed by atoms with Gasteiger partial charge in [-0.05, 0) is 26.8 Å². The maximum Gasteiger partial charge on any atom is 0.329 e. The molecule has 8 nitrogen and oxygen atoms in total. The second-order valence-electron chi connectivity index (χ2n) is 7.31. The number of halogens is 2. The molecule has 0 bridgehead atoms. The van der Waals surface area contributed by atoms with Gasteiger partial charge in [0.2, 0.25) is 0 Å². The van der Waals surface area contributed by atoms with Gasteiger partial charge in [0.1, 0.15) is 5.69 Å². The van der Waals surface area contributed by atoms with Gasteiger partial charge < -0.3 is 20.2 Å². The highest BCUT2D eigenvalue weighted by atomic mass is 19.1. The molecule has 0 aliphatic carbocycles. The molecular weight excluding hydrogens is 432 g/mol. The van der Waals surface area contributed by atoms with Gasteiger partial charge in [-0.25, -0.2) is 13.6 Å². The number of anilines is 2. The SMILES string of the molecule is CCN/C=C(\C(C)=N)c1cc2c(cn1)CN(c1c(F)c(OC)cc(OC)c1F)C(=O)N2CC. The Morgan fingerprint density at radius 2 is 1.85 bits per heavy atom. The highest BCUT2D eigenvalue weighted by Crippen LogP contribution is 2.41. The van der Waals surface area contributed by atoms with Crippen molar-refractivity contribution < 1.29 is 23.0 Å². The highest BCUT2D eigenvalue weighted by Gasteiger charge is 2.36. The fraction of sp³-hybridized carbons (Fsp3) is 0.348. The highest BCUT2D eigenvalue weighted by molar-refractivity contribution is 6.20. The molecule has 3 rings (SSSR count). The summed E-state index contributed by atoms with van der Waals surface area (Å²) in [6.07, 6.45) is 3.26. The van der Waals surface area contributed by atoms with E-state index in [0.717, 1.165) is 11.0 Å². The van der Waals surface area contributed by atoms with Crippen LogP contribution >= 0.6 is 0 Å². The molecule has 0 saturated carbocycles. The smallest absolute Gasteiger partial charge is 0.329 e. The Morgan fingerprint density at radius 1 is 1.21 bits per heavy atom. The van der Waals surface area contributed by atoms with E-state index in [2.05, 4.69) is 10.3 Å². The number of ether oxygens (including phenoxy) is 2. The van der Waals surface area contributed by atoms with Gasteiger partial charge in [0.25, 0.3) is 0 Å². The number of hydrogen-bond donors (Lipinski definition) is 2. The van der Waals surface area contributed by atoms with Crippen LogP contribution in [0.3, 0.4) is 0 Å². The van der Waals surface area contributed by atoms with Crippen molar-refractivity contribution in [2.24, 2.45) is 0 Å². The molecule has 1 aromatic carbocycles. The van der Waals surface area contributed by atoms with Crippen molar-refractivity contribution in [2.75, 3.05) is 37.1 Å². The average molecular weight is 459 g/mol. The number of rotatable bonds is 8. The maximum absolute atomic E-state index is 15.1. The molecule has 1 aliphatic rings.